The first-order valence-corrected chi connectivity index (χ1v) is 8.94. The second kappa shape index (κ2) is 10.0. The second-order valence-corrected chi connectivity index (χ2v) is 5.95. The van der Waals surface area contributed by atoms with Gasteiger partial charge in [-0.1, -0.05) is 18.2 Å². The Morgan fingerprint density at radius 2 is 1.71 bits per heavy atom. The van der Waals surface area contributed by atoms with E-state index in [9.17, 15) is 4.79 Å². The predicted octanol–water partition coefficient (Wildman–Crippen LogP) is 3.97. The first kappa shape index (κ1) is 19.3. The van der Waals surface area contributed by atoms with Crippen LogP contribution in [0.1, 0.15) is 16.9 Å². The molecule has 0 unspecified atom stereocenters. The number of methoxy groups -OCH3 is 1. The minimum atomic E-state index is -0.324. The highest BCUT2D eigenvalue weighted by Gasteiger charge is 2.09. The highest BCUT2D eigenvalue weighted by molar-refractivity contribution is 6.02. The van der Waals surface area contributed by atoms with E-state index in [1.807, 2.05) is 30.3 Å². The number of nitrogens with zero attached hydrogens (tertiary/aromatic N) is 2. The van der Waals surface area contributed by atoms with Crippen LogP contribution in [-0.2, 0) is 4.74 Å². The van der Waals surface area contributed by atoms with Gasteiger partial charge >= 0.3 is 0 Å². The van der Waals surface area contributed by atoms with Crippen molar-refractivity contribution in [3.8, 4) is 11.5 Å². The lowest BCUT2D eigenvalue weighted by atomic mass is 10.3. The molecule has 1 amide bonds. The summed E-state index contributed by atoms with van der Waals surface area (Å²) in [6.45, 7) is 1.40. The third-order valence-corrected chi connectivity index (χ3v) is 3.81. The first-order valence-electron chi connectivity index (χ1n) is 8.94. The standard InChI is InChI=1S/C21H22N4O3/c1-27-13-5-12-22-20-15-23-19(14-24-20)21(26)25-16-8-10-18(11-9-16)28-17-6-3-2-4-7-17/h2-4,6-11,14-15H,5,12-13H2,1H3,(H,22,24)(H,25,26). The predicted molar refractivity (Wildman–Crippen MR) is 108 cm³/mol. The normalized spacial score (nSPS) is 10.3. The van der Waals surface area contributed by atoms with Crippen molar-refractivity contribution in [3.05, 3.63) is 72.7 Å². The molecule has 0 saturated carbocycles. The number of para-hydroxylation sites is 1. The highest BCUT2D eigenvalue weighted by atomic mass is 16.5. The number of hydrogen-bond acceptors (Lipinski definition) is 6. The molecule has 2 aromatic carbocycles. The minimum absolute atomic E-state index is 0.243. The molecule has 28 heavy (non-hydrogen) atoms. The van der Waals surface area contributed by atoms with E-state index >= 15 is 0 Å². The maximum atomic E-state index is 12.3. The topological polar surface area (TPSA) is 85.4 Å². The van der Waals surface area contributed by atoms with E-state index in [1.165, 1.54) is 6.20 Å². The third-order valence-electron chi connectivity index (χ3n) is 3.81. The number of ether oxygens (including phenoxy) is 2. The Balaban J connectivity index is 1.52. The summed E-state index contributed by atoms with van der Waals surface area (Å²) >= 11 is 0. The van der Waals surface area contributed by atoms with Crippen LogP contribution in [0.25, 0.3) is 0 Å². The molecule has 0 spiro atoms. The van der Waals surface area contributed by atoms with Crippen LogP contribution in [0.15, 0.2) is 67.0 Å². The summed E-state index contributed by atoms with van der Waals surface area (Å²) in [7, 11) is 1.66. The van der Waals surface area contributed by atoms with Crippen molar-refractivity contribution in [3.63, 3.8) is 0 Å². The van der Waals surface area contributed by atoms with Crippen molar-refractivity contribution < 1.29 is 14.3 Å². The smallest absolute Gasteiger partial charge is 0.275 e. The molecule has 0 atom stereocenters. The van der Waals surface area contributed by atoms with E-state index in [-0.39, 0.29) is 11.6 Å². The summed E-state index contributed by atoms with van der Waals surface area (Å²) in [6, 6.07) is 16.6. The zero-order valence-corrected chi connectivity index (χ0v) is 15.6. The number of benzene rings is 2. The molecule has 7 nitrogen and oxygen atoms in total. The van der Waals surface area contributed by atoms with Gasteiger partial charge in [-0.15, -0.1) is 0 Å². The van der Waals surface area contributed by atoms with Crippen LogP contribution in [0.5, 0.6) is 11.5 Å². The number of hydrogen-bond donors (Lipinski definition) is 2. The van der Waals surface area contributed by atoms with Gasteiger partial charge in [0.25, 0.3) is 5.91 Å². The van der Waals surface area contributed by atoms with E-state index in [2.05, 4.69) is 20.6 Å². The first-order chi connectivity index (χ1) is 13.7. The Morgan fingerprint density at radius 1 is 0.964 bits per heavy atom. The quantitative estimate of drug-likeness (QED) is 0.548. The summed E-state index contributed by atoms with van der Waals surface area (Å²) in [5.41, 5.74) is 0.890. The summed E-state index contributed by atoms with van der Waals surface area (Å²) in [5, 5.41) is 5.92. The van der Waals surface area contributed by atoms with Gasteiger partial charge < -0.3 is 20.1 Å². The van der Waals surface area contributed by atoms with Crippen molar-refractivity contribution in [2.24, 2.45) is 0 Å². The van der Waals surface area contributed by atoms with Crippen molar-refractivity contribution in [1.29, 1.82) is 0 Å². The lowest BCUT2D eigenvalue weighted by Crippen LogP contribution is -2.14. The number of anilines is 2. The van der Waals surface area contributed by atoms with Gasteiger partial charge in [0.1, 0.15) is 23.0 Å². The van der Waals surface area contributed by atoms with Crippen LogP contribution < -0.4 is 15.4 Å². The van der Waals surface area contributed by atoms with Gasteiger partial charge in [-0.05, 0) is 42.8 Å². The summed E-state index contributed by atoms with van der Waals surface area (Å²) in [4.78, 5) is 20.7. The number of rotatable bonds is 9. The molecule has 0 fully saturated rings. The summed E-state index contributed by atoms with van der Waals surface area (Å²) in [6.07, 6.45) is 3.85. The van der Waals surface area contributed by atoms with Crippen molar-refractivity contribution in [1.82, 2.24) is 9.97 Å². The number of nitrogens with one attached hydrogen (secondary N) is 2. The third kappa shape index (κ3) is 5.78. The Kier molecular flexibility index (Phi) is 6.92. The molecule has 0 aliphatic rings. The zero-order chi connectivity index (χ0) is 19.6. The average molecular weight is 378 g/mol. The van der Waals surface area contributed by atoms with Crippen molar-refractivity contribution in [2.45, 2.75) is 6.42 Å². The van der Waals surface area contributed by atoms with Crippen LogP contribution in [0.3, 0.4) is 0 Å². The van der Waals surface area contributed by atoms with E-state index in [1.54, 1.807) is 37.6 Å². The maximum absolute atomic E-state index is 12.3. The van der Waals surface area contributed by atoms with Crippen LogP contribution in [0, 0.1) is 0 Å². The van der Waals surface area contributed by atoms with E-state index < -0.39 is 0 Å². The van der Waals surface area contributed by atoms with Crippen LogP contribution in [0.4, 0.5) is 11.5 Å². The lowest BCUT2D eigenvalue weighted by molar-refractivity contribution is 0.102. The van der Waals surface area contributed by atoms with Crippen LogP contribution >= 0.6 is 0 Å². The lowest BCUT2D eigenvalue weighted by Gasteiger charge is -2.08. The van der Waals surface area contributed by atoms with Crippen LogP contribution in [-0.4, -0.2) is 36.1 Å². The molecule has 0 radical (unpaired) electrons. The van der Waals surface area contributed by atoms with E-state index in [0.29, 0.717) is 23.9 Å². The Bertz CT molecular complexity index is 868. The number of amides is 1. The Labute approximate surface area is 163 Å². The van der Waals surface area contributed by atoms with Gasteiger partial charge in [-0.2, -0.15) is 0 Å². The molecule has 7 heteroatoms. The van der Waals surface area contributed by atoms with Gasteiger partial charge in [0.2, 0.25) is 0 Å². The Hall–Kier alpha value is -3.45. The molecule has 1 aromatic heterocycles. The Morgan fingerprint density at radius 3 is 2.39 bits per heavy atom. The number of carbonyl (C=O) groups excluding carboxylic acids is 1. The van der Waals surface area contributed by atoms with Crippen molar-refractivity contribution >= 4 is 17.4 Å². The molecular weight excluding hydrogens is 356 g/mol. The molecule has 2 N–H and O–H groups in total. The van der Waals surface area contributed by atoms with Gasteiger partial charge in [-0.25, -0.2) is 9.97 Å². The largest absolute Gasteiger partial charge is 0.457 e. The van der Waals surface area contributed by atoms with Gasteiger partial charge in [0.05, 0.1) is 12.4 Å². The van der Waals surface area contributed by atoms with Gasteiger partial charge in [0.15, 0.2) is 0 Å². The van der Waals surface area contributed by atoms with E-state index in [4.69, 9.17) is 9.47 Å². The zero-order valence-electron chi connectivity index (χ0n) is 15.6. The fourth-order valence-electron chi connectivity index (χ4n) is 2.40. The number of carbonyl (C=O) groups is 1. The SMILES string of the molecule is COCCCNc1cnc(C(=O)Nc2ccc(Oc3ccccc3)cc2)cn1. The molecule has 3 rings (SSSR count). The fourth-order valence-corrected chi connectivity index (χ4v) is 2.40. The summed E-state index contributed by atoms with van der Waals surface area (Å²) < 4.78 is 10.7. The minimum Gasteiger partial charge on any atom is -0.457 e. The number of aromatic nitrogens is 2. The molecule has 3 aromatic rings. The molecule has 144 valence electrons. The molecular formula is C21H22N4O3. The fraction of sp³-hybridized carbons (Fsp3) is 0.190. The highest BCUT2D eigenvalue weighted by Crippen LogP contribution is 2.22. The van der Waals surface area contributed by atoms with Crippen molar-refractivity contribution in [2.75, 3.05) is 30.9 Å². The maximum Gasteiger partial charge on any atom is 0.275 e. The van der Waals surface area contributed by atoms with Gasteiger partial charge in [-0.3, -0.25) is 4.79 Å². The molecule has 0 saturated heterocycles. The molecule has 0 aliphatic heterocycles. The average Bonchev–Trinajstić information content (AvgIpc) is 2.74. The summed E-state index contributed by atoms with van der Waals surface area (Å²) in [5.74, 6) is 1.74. The molecule has 1 heterocycles. The van der Waals surface area contributed by atoms with E-state index in [0.717, 1.165) is 18.7 Å². The molecule has 0 bridgehead atoms. The second-order valence-electron chi connectivity index (χ2n) is 5.95. The monoisotopic (exact) mass is 378 g/mol. The van der Waals surface area contributed by atoms with Crippen LogP contribution in [0.2, 0.25) is 0 Å². The molecule has 0 aliphatic carbocycles. The van der Waals surface area contributed by atoms with Gasteiger partial charge in [0, 0.05) is 25.9 Å².